The highest BCUT2D eigenvalue weighted by atomic mass is 32.1. The first-order valence-electron chi connectivity index (χ1n) is 6.50. The number of ether oxygens (including phenoxy) is 1. The molecule has 0 unspecified atom stereocenters. The van der Waals surface area contributed by atoms with Crippen LogP contribution in [0.25, 0.3) is 0 Å². The Morgan fingerprint density at radius 2 is 2.47 bits per heavy atom. The van der Waals surface area contributed by atoms with Gasteiger partial charge in [-0.15, -0.1) is 11.3 Å². The molecule has 1 saturated heterocycles. The van der Waals surface area contributed by atoms with Crippen molar-refractivity contribution < 1.29 is 4.74 Å². The van der Waals surface area contributed by atoms with Gasteiger partial charge in [-0.1, -0.05) is 6.07 Å². The zero-order valence-corrected chi connectivity index (χ0v) is 12.5. The average Bonchev–Trinajstić information content (AvgIpc) is 3.09. The fourth-order valence-electron chi connectivity index (χ4n) is 2.25. The molecule has 1 aliphatic rings. The van der Waals surface area contributed by atoms with Gasteiger partial charge in [0.2, 0.25) is 5.13 Å². The summed E-state index contributed by atoms with van der Waals surface area (Å²) >= 11 is 3.26. The van der Waals surface area contributed by atoms with Crippen molar-refractivity contribution in [2.75, 3.05) is 18.1 Å². The van der Waals surface area contributed by atoms with E-state index in [9.17, 15) is 0 Å². The molecule has 1 aliphatic heterocycles. The fraction of sp³-hybridized carbons (Fsp3) is 0.538. The van der Waals surface area contributed by atoms with Crippen LogP contribution in [0, 0.1) is 6.92 Å². The van der Waals surface area contributed by atoms with Crippen molar-refractivity contribution in [2.45, 2.75) is 32.4 Å². The molecule has 0 amide bonds. The van der Waals surface area contributed by atoms with E-state index in [2.05, 4.69) is 31.8 Å². The van der Waals surface area contributed by atoms with Crippen molar-refractivity contribution in [3.05, 3.63) is 28.2 Å². The van der Waals surface area contributed by atoms with Crippen LogP contribution in [-0.2, 0) is 11.3 Å². The van der Waals surface area contributed by atoms with Gasteiger partial charge in [-0.05, 0) is 31.2 Å². The summed E-state index contributed by atoms with van der Waals surface area (Å²) in [5.74, 6) is 0.850. The smallest absolute Gasteiger partial charge is 0.205 e. The molecule has 3 heterocycles. The number of aryl methyl sites for hydroxylation is 1. The van der Waals surface area contributed by atoms with Crippen molar-refractivity contribution in [2.24, 2.45) is 0 Å². The van der Waals surface area contributed by atoms with Crippen LogP contribution in [0.4, 0.5) is 5.13 Å². The maximum absolute atomic E-state index is 5.75. The van der Waals surface area contributed by atoms with Crippen LogP contribution < -0.4 is 4.90 Å². The first-order valence-corrected chi connectivity index (χ1v) is 8.16. The molecule has 6 heteroatoms. The van der Waals surface area contributed by atoms with E-state index in [1.54, 1.807) is 11.3 Å². The van der Waals surface area contributed by atoms with E-state index in [0.717, 1.165) is 37.1 Å². The molecule has 3 rings (SSSR count). The molecule has 0 saturated carbocycles. The van der Waals surface area contributed by atoms with E-state index >= 15 is 0 Å². The Kier molecular flexibility index (Phi) is 4.10. The highest BCUT2D eigenvalue weighted by Crippen LogP contribution is 2.24. The van der Waals surface area contributed by atoms with E-state index in [1.165, 1.54) is 22.8 Å². The van der Waals surface area contributed by atoms with Gasteiger partial charge >= 0.3 is 0 Å². The zero-order valence-electron chi connectivity index (χ0n) is 10.9. The first-order chi connectivity index (χ1) is 9.31. The maximum Gasteiger partial charge on any atom is 0.205 e. The van der Waals surface area contributed by atoms with Crippen LogP contribution in [-0.4, -0.2) is 28.6 Å². The number of anilines is 1. The second kappa shape index (κ2) is 5.98. The standard InChI is InChI=1S/C13H17N3OS2/c1-10-14-13(19-15-10)16(8-11-4-2-6-17-11)9-12-5-3-7-18-12/h3,5,7,11H,2,4,6,8-9H2,1H3/t11-/m0/s1. The lowest BCUT2D eigenvalue weighted by atomic mass is 10.2. The van der Waals surface area contributed by atoms with Crippen molar-refractivity contribution in [1.82, 2.24) is 9.36 Å². The van der Waals surface area contributed by atoms with Gasteiger partial charge in [-0.25, -0.2) is 4.98 Å². The Hall–Kier alpha value is -0.980. The summed E-state index contributed by atoms with van der Waals surface area (Å²) in [4.78, 5) is 8.17. The van der Waals surface area contributed by atoms with Crippen molar-refractivity contribution in [1.29, 1.82) is 0 Å². The molecule has 0 bridgehead atoms. The second-order valence-corrected chi connectivity index (χ2v) is 6.48. The molecule has 102 valence electrons. The predicted octanol–water partition coefficient (Wildman–Crippen LogP) is 3.09. The Morgan fingerprint density at radius 3 is 3.11 bits per heavy atom. The van der Waals surface area contributed by atoms with Crippen LogP contribution in [0.3, 0.4) is 0 Å². The van der Waals surface area contributed by atoms with E-state index in [1.807, 2.05) is 6.92 Å². The van der Waals surface area contributed by atoms with Gasteiger partial charge in [0.1, 0.15) is 5.82 Å². The molecule has 1 fully saturated rings. The highest BCUT2D eigenvalue weighted by Gasteiger charge is 2.21. The largest absolute Gasteiger partial charge is 0.376 e. The van der Waals surface area contributed by atoms with Gasteiger partial charge in [0.05, 0.1) is 12.6 Å². The highest BCUT2D eigenvalue weighted by molar-refractivity contribution is 7.10. The molecule has 4 nitrogen and oxygen atoms in total. The summed E-state index contributed by atoms with van der Waals surface area (Å²) in [7, 11) is 0. The Bertz CT molecular complexity index is 506. The summed E-state index contributed by atoms with van der Waals surface area (Å²) in [6.45, 7) is 4.64. The van der Waals surface area contributed by atoms with Crippen LogP contribution in [0.5, 0.6) is 0 Å². The van der Waals surface area contributed by atoms with E-state index < -0.39 is 0 Å². The molecular formula is C13H17N3OS2. The molecule has 0 aromatic carbocycles. The summed E-state index contributed by atoms with van der Waals surface area (Å²) in [6.07, 6.45) is 2.66. The van der Waals surface area contributed by atoms with E-state index in [4.69, 9.17) is 4.74 Å². The number of rotatable bonds is 5. The fourth-order valence-corrected chi connectivity index (χ4v) is 3.65. The van der Waals surface area contributed by atoms with Gasteiger partial charge in [-0.3, -0.25) is 0 Å². The number of aromatic nitrogens is 2. The predicted molar refractivity (Wildman–Crippen MR) is 79.0 cm³/mol. The van der Waals surface area contributed by atoms with Gasteiger partial charge in [-0.2, -0.15) is 4.37 Å². The molecule has 1 atom stereocenters. The zero-order chi connectivity index (χ0) is 13.1. The third-order valence-electron chi connectivity index (χ3n) is 3.16. The summed E-state index contributed by atoms with van der Waals surface area (Å²) in [5.41, 5.74) is 0. The average molecular weight is 295 g/mol. The third-order valence-corrected chi connectivity index (χ3v) is 4.89. The molecule has 0 radical (unpaired) electrons. The van der Waals surface area contributed by atoms with Gasteiger partial charge in [0.25, 0.3) is 0 Å². The number of hydrogen-bond donors (Lipinski definition) is 0. The van der Waals surface area contributed by atoms with Crippen molar-refractivity contribution in [3.8, 4) is 0 Å². The summed E-state index contributed by atoms with van der Waals surface area (Å²) in [6, 6.07) is 4.26. The lowest BCUT2D eigenvalue weighted by Gasteiger charge is -2.23. The third kappa shape index (κ3) is 3.32. The first kappa shape index (κ1) is 13.0. The maximum atomic E-state index is 5.75. The van der Waals surface area contributed by atoms with E-state index in [-0.39, 0.29) is 0 Å². The minimum atomic E-state index is 0.337. The molecule has 0 aliphatic carbocycles. The molecule has 2 aromatic heterocycles. The molecular weight excluding hydrogens is 278 g/mol. The number of nitrogens with zero attached hydrogens (tertiary/aromatic N) is 3. The molecule has 19 heavy (non-hydrogen) atoms. The van der Waals surface area contributed by atoms with Crippen LogP contribution in [0.15, 0.2) is 17.5 Å². The number of hydrogen-bond acceptors (Lipinski definition) is 6. The van der Waals surface area contributed by atoms with Crippen LogP contribution in [0.2, 0.25) is 0 Å². The van der Waals surface area contributed by atoms with E-state index in [0.29, 0.717) is 6.10 Å². The molecule has 0 spiro atoms. The summed E-state index contributed by atoms with van der Waals surface area (Å²) < 4.78 is 10.0. The minimum absolute atomic E-state index is 0.337. The normalized spacial score (nSPS) is 18.9. The van der Waals surface area contributed by atoms with Crippen LogP contribution in [0.1, 0.15) is 23.5 Å². The van der Waals surface area contributed by atoms with Crippen molar-refractivity contribution >= 4 is 28.0 Å². The monoisotopic (exact) mass is 295 g/mol. The molecule has 0 N–H and O–H groups in total. The topological polar surface area (TPSA) is 38.2 Å². The van der Waals surface area contributed by atoms with Crippen LogP contribution >= 0.6 is 22.9 Å². The quantitative estimate of drug-likeness (QED) is 0.849. The van der Waals surface area contributed by atoms with Gasteiger partial charge in [0, 0.05) is 29.6 Å². The molecule has 2 aromatic rings. The second-order valence-electron chi connectivity index (χ2n) is 4.72. The SMILES string of the molecule is Cc1nsc(N(Cc2cccs2)C[C@@H]2CCCO2)n1. The van der Waals surface area contributed by atoms with Crippen molar-refractivity contribution in [3.63, 3.8) is 0 Å². The Labute approximate surface area is 121 Å². The lowest BCUT2D eigenvalue weighted by molar-refractivity contribution is 0.115. The van der Waals surface area contributed by atoms with Gasteiger partial charge < -0.3 is 9.64 Å². The number of thiophene rings is 1. The Balaban J connectivity index is 1.74. The lowest BCUT2D eigenvalue weighted by Crippen LogP contribution is -2.31. The summed E-state index contributed by atoms with van der Waals surface area (Å²) in [5, 5.41) is 3.12. The minimum Gasteiger partial charge on any atom is -0.376 e. The Morgan fingerprint density at radius 1 is 1.53 bits per heavy atom. The van der Waals surface area contributed by atoms with Gasteiger partial charge in [0.15, 0.2) is 0 Å².